The zero-order valence-corrected chi connectivity index (χ0v) is 10.0. The molecule has 0 heterocycles. The van der Waals surface area contributed by atoms with Crippen LogP contribution in [0.1, 0.15) is 27.2 Å². The molecule has 7 heteroatoms. The Balaban J connectivity index is 5.26. The third-order valence-corrected chi connectivity index (χ3v) is 3.56. The summed E-state index contributed by atoms with van der Waals surface area (Å²) in [6.45, 7) is 4.40. The van der Waals surface area contributed by atoms with Gasteiger partial charge >= 0.3 is 15.1 Å². The highest BCUT2D eigenvalue weighted by atomic mass is 32.2. The molecule has 0 radical (unpaired) electrons. The molecule has 0 fully saturated rings. The first kappa shape index (κ1) is 14.3. The Morgan fingerprint density at radius 3 is 2.13 bits per heavy atom. The summed E-state index contributed by atoms with van der Waals surface area (Å²) in [5.41, 5.74) is 0. The predicted octanol–water partition coefficient (Wildman–Crippen LogP) is 0.817. The smallest absolute Gasteiger partial charge is 0.311 e. The monoisotopic (exact) mass is 241 g/mol. The first-order chi connectivity index (χ1) is 6.58. The van der Waals surface area contributed by atoms with E-state index in [1.54, 1.807) is 13.8 Å². The summed E-state index contributed by atoms with van der Waals surface area (Å²) >= 11 is 0. The quantitative estimate of drug-likeness (QED) is 0.739. The maximum atomic E-state index is 13.8. The molecule has 0 saturated heterocycles. The number of hydrogen-bond donors (Lipinski definition) is 1. The van der Waals surface area contributed by atoms with Gasteiger partial charge in [0.2, 0.25) is 0 Å². The zero-order chi connectivity index (χ0) is 12.4. The maximum absolute atomic E-state index is 13.8. The van der Waals surface area contributed by atoms with Crippen molar-refractivity contribution in [2.75, 3.05) is 7.05 Å². The molecular weight excluding hydrogens is 225 g/mol. The van der Waals surface area contributed by atoms with Gasteiger partial charge in [-0.25, -0.2) is 4.39 Å². The highest BCUT2D eigenvalue weighted by Gasteiger charge is 2.51. The van der Waals surface area contributed by atoms with Gasteiger partial charge in [0.1, 0.15) is 0 Å². The number of alkyl halides is 1. The number of carbonyl (C=O) groups excluding carboxylic acids is 1. The van der Waals surface area contributed by atoms with Crippen LogP contribution in [0.3, 0.4) is 0 Å². The number of amides is 1. The van der Waals surface area contributed by atoms with Crippen molar-refractivity contribution in [2.45, 2.75) is 38.2 Å². The third-order valence-electron chi connectivity index (χ3n) is 2.28. The molecular formula is C8H16FNO4S. The van der Waals surface area contributed by atoms with Gasteiger partial charge in [0.05, 0.1) is 0 Å². The Hall–Kier alpha value is -0.690. The number of hydrogen-bond acceptors (Lipinski definition) is 3. The van der Waals surface area contributed by atoms with E-state index in [1.807, 2.05) is 0 Å². The average Bonchev–Trinajstić information content (AvgIpc) is 2.12. The van der Waals surface area contributed by atoms with Crippen molar-refractivity contribution in [1.29, 1.82) is 0 Å². The van der Waals surface area contributed by atoms with Gasteiger partial charge in [-0.05, 0) is 13.8 Å². The normalized spacial score (nSPS) is 16.2. The van der Waals surface area contributed by atoms with Gasteiger partial charge in [0, 0.05) is 19.5 Å². The Morgan fingerprint density at radius 2 is 1.93 bits per heavy atom. The van der Waals surface area contributed by atoms with Crippen LogP contribution in [0.4, 0.5) is 4.39 Å². The first-order valence-corrected chi connectivity index (χ1v) is 5.95. The number of halogens is 1. The van der Waals surface area contributed by atoms with Crippen molar-refractivity contribution in [3.63, 3.8) is 0 Å². The third kappa shape index (κ3) is 2.66. The van der Waals surface area contributed by atoms with E-state index >= 15 is 0 Å². The van der Waals surface area contributed by atoms with Gasteiger partial charge in [0.15, 0.2) is 0 Å². The molecule has 0 aliphatic carbocycles. The molecule has 0 aromatic carbocycles. The summed E-state index contributed by atoms with van der Waals surface area (Å²) in [6.07, 6.45) is -0.623. The standard InChI is InChI=1S/C8H16FNO4S/c1-5-8(9,15(12,13)14)7(11)10(4)6(2)3/h6H,5H2,1-4H3,(H,12,13,14). The molecule has 0 saturated carbocycles. The van der Waals surface area contributed by atoms with Gasteiger partial charge in [-0.1, -0.05) is 6.92 Å². The predicted molar refractivity (Wildman–Crippen MR) is 53.6 cm³/mol. The van der Waals surface area contributed by atoms with Crippen LogP contribution < -0.4 is 0 Å². The Morgan fingerprint density at radius 1 is 1.53 bits per heavy atom. The fourth-order valence-corrected chi connectivity index (χ4v) is 1.67. The Labute approximate surface area is 89.0 Å². The lowest BCUT2D eigenvalue weighted by Gasteiger charge is -2.28. The van der Waals surface area contributed by atoms with Crippen LogP contribution in [-0.4, -0.2) is 41.9 Å². The molecule has 5 nitrogen and oxygen atoms in total. The summed E-state index contributed by atoms with van der Waals surface area (Å²) in [5.74, 6) is -1.25. The van der Waals surface area contributed by atoms with Crippen molar-refractivity contribution in [3.8, 4) is 0 Å². The second-order valence-corrected chi connectivity index (χ2v) is 5.16. The molecule has 0 aliphatic rings. The fraction of sp³-hybridized carbons (Fsp3) is 0.875. The number of carbonyl (C=O) groups is 1. The maximum Gasteiger partial charge on any atom is 0.311 e. The highest BCUT2D eigenvalue weighted by molar-refractivity contribution is 7.87. The summed E-state index contributed by atoms with van der Waals surface area (Å²) in [6, 6.07) is -0.346. The molecule has 90 valence electrons. The van der Waals surface area contributed by atoms with Crippen LogP contribution in [0.2, 0.25) is 0 Å². The van der Waals surface area contributed by atoms with E-state index in [2.05, 4.69) is 0 Å². The largest absolute Gasteiger partial charge is 0.340 e. The van der Waals surface area contributed by atoms with Gasteiger partial charge < -0.3 is 4.90 Å². The molecule has 0 rings (SSSR count). The Bertz CT molecular complexity index is 341. The number of nitrogens with zero attached hydrogens (tertiary/aromatic N) is 1. The topological polar surface area (TPSA) is 74.7 Å². The van der Waals surface area contributed by atoms with E-state index in [1.165, 1.54) is 14.0 Å². The van der Waals surface area contributed by atoms with Crippen LogP contribution >= 0.6 is 0 Å². The van der Waals surface area contributed by atoms with E-state index in [0.29, 0.717) is 0 Å². The van der Waals surface area contributed by atoms with Crippen LogP contribution in [0.15, 0.2) is 0 Å². The summed E-state index contributed by atoms with van der Waals surface area (Å²) in [4.78, 5) is 12.4. The van der Waals surface area contributed by atoms with E-state index < -0.39 is 27.4 Å². The molecule has 0 aromatic rings. The summed E-state index contributed by atoms with van der Waals surface area (Å²) < 4.78 is 44.1. The molecule has 1 N–H and O–H groups in total. The molecule has 15 heavy (non-hydrogen) atoms. The minimum absolute atomic E-state index is 0.346. The van der Waals surface area contributed by atoms with Crippen LogP contribution in [-0.2, 0) is 14.9 Å². The molecule has 1 amide bonds. The van der Waals surface area contributed by atoms with Crippen molar-refractivity contribution in [3.05, 3.63) is 0 Å². The van der Waals surface area contributed by atoms with Gasteiger partial charge in [-0.2, -0.15) is 8.42 Å². The molecule has 0 aliphatic heterocycles. The SMILES string of the molecule is CCC(F)(C(=O)N(C)C(C)C)S(=O)(=O)O. The van der Waals surface area contributed by atoms with Crippen molar-refractivity contribution in [2.24, 2.45) is 0 Å². The summed E-state index contributed by atoms with van der Waals surface area (Å²) in [7, 11) is -3.77. The van der Waals surface area contributed by atoms with Crippen LogP contribution in [0, 0.1) is 0 Å². The molecule has 1 atom stereocenters. The average molecular weight is 241 g/mol. The fourth-order valence-electron chi connectivity index (χ4n) is 0.942. The van der Waals surface area contributed by atoms with E-state index in [0.717, 1.165) is 4.90 Å². The van der Waals surface area contributed by atoms with Crippen LogP contribution in [0.25, 0.3) is 0 Å². The molecule has 1 unspecified atom stereocenters. The van der Waals surface area contributed by atoms with Crippen molar-refractivity contribution in [1.82, 2.24) is 4.90 Å². The zero-order valence-electron chi connectivity index (χ0n) is 9.19. The van der Waals surface area contributed by atoms with E-state index in [-0.39, 0.29) is 6.04 Å². The second-order valence-electron chi connectivity index (χ2n) is 3.57. The molecule has 0 spiro atoms. The number of rotatable bonds is 4. The Kier molecular flexibility index (Phi) is 4.24. The summed E-state index contributed by atoms with van der Waals surface area (Å²) in [5, 5.41) is -3.24. The van der Waals surface area contributed by atoms with E-state index in [4.69, 9.17) is 4.55 Å². The minimum atomic E-state index is -5.05. The lowest BCUT2D eigenvalue weighted by atomic mass is 10.2. The van der Waals surface area contributed by atoms with Gasteiger partial charge in [0.25, 0.3) is 5.91 Å². The van der Waals surface area contributed by atoms with E-state index in [9.17, 15) is 17.6 Å². The first-order valence-electron chi connectivity index (χ1n) is 4.51. The lowest BCUT2D eigenvalue weighted by Crippen LogP contribution is -2.51. The molecule has 0 bridgehead atoms. The second kappa shape index (κ2) is 4.44. The molecule has 0 aromatic heterocycles. The van der Waals surface area contributed by atoms with Crippen molar-refractivity contribution < 1.29 is 22.2 Å². The lowest BCUT2D eigenvalue weighted by molar-refractivity contribution is -0.139. The van der Waals surface area contributed by atoms with Gasteiger partial charge in [-0.3, -0.25) is 9.35 Å². The highest BCUT2D eigenvalue weighted by Crippen LogP contribution is 2.25. The minimum Gasteiger partial charge on any atom is -0.340 e. The van der Waals surface area contributed by atoms with Gasteiger partial charge in [-0.15, -0.1) is 0 Å². The van der Waals surface area contributed by atoms with Crippen LogP contribution in [0.5, 0.6) is 0 Å². The van der Waals surface area contributed by atoms with Crippen molar-refractivity contribution >= 4 is 16.0 Å².